The smallest absolute Gasteiger partial charge is 0.220 e. The van der Waals surface area contributed by atoms with Crippen LogP contribution in [0.2, 0.25) is 0 Å². The Kier molecular flexibility index (Phi) is 15.5. The minimum absolute atomic E-state index is 0. The molecule has 104 valence electrons. The second kappa shape index (κ2) is 13.8. The fraction of sp³-hybridized carbons (Fsp3) is 0.929. The summed E-state index contributed by atoms with van der Waals surface area (Å²) in [6.45, 7) is 4.17. The molecule has 0 radical (unpaired) electrons. The predicted molar refractivity (Wildman–Crippen MR) is 77.5 cm³/mol. The highest BCUT2D eigenvalue weighted by Gasteiger charge is 2.06. The van der Waals surface area contributed by atoms with Crippen molar-refractivity contribution in [3.8, 4) is 0 Å². The van der Waals surface area contributed by atoms with Crippen molar-refractivity contribution in [3.63, 3.8) is 0 Å². The average Bonchev–Trinajstić information content (AvgIpc) is 2.26. The first-order chi connectivity index (χ1) is 7.68. The molecule has 1 amide bonds. The van der Waals surface area contributed by atoms with Crippen LogP contribution >= 0.6 is 12.4 Å². The molecule has 0 rings (SSSR count). The Hall–Kier alpha value is -0.240. The van der Waals surface area contributed by atoms with Gasteiger partial charge >= 0.3 is 0 Å². The van der Waals surface area contributed by atoms with Crippen LogP contribution in [0, 0.1) is 5.92 Å². The molecule has 1 unspecified atom stereocenters. The van der Waals surface area contributed by atoms with Crippen LogP contribution in [0.25, 0.3) is 0 Å². The number of primary amides is 1. The van der Waals surface area contributed by atoms with Gasteiger partial charge in [-0.2, -0.15) is 0 Å². The maximum atomic E-state index is 10.8. The molecule has 0 aliphatic heterocycles. The van der Waals surface area contributed by atoms with Crippen LogP contribution in [-0.4, -0.2) is 5.91 Å². The van der Waals surface area contributed by atoms with E-state index in [0.29, 0.717) is 0 Å². The molecule has 0 aromatic heterocycles. The van der Waals surface area contributed by atoms with Crippen LogP contribution < -0.4 is 5.73 Å². The van der Waals surface area contributed by atoms with Gasteiger partial charge in [0.1, 0.15) is 0 Å². The number of unbranched alkanes of at least 4 members (excludes halogenated alkanes) is 8. The van der Waals surface area contributed by atoms with E-state index in [4.69, 9.17) is 5.73 Å². The van der Waals surface area contributed by atoms with E-state index in [9.17, 15) is 4.79 Å². The van der Waals surface area contributed by atoms with E-state index >= 15 is 0 Å². The van der Waals surface area contributed by atoms with E-state index in [0.717, 1.165) is 12.8 Å². The summed E-state index contributed by atoms with van der Waals surface area (Å²) < 4.78 is 0. The standard InChI is InChI=1S/C14H29NO.ClH/c1-3-4-5-6-7-8-9-10-11-12-13(2)14(15)16;/h13H,3-12H2,1-2H3,(H2,15,16);1H. The molecule has 17 heavy (non-hydrogen) atoms. The molecule has 2 nitrogen and oxygen atoms in total. The molecule has 0 aromatic carbocycles. The van der Waals surface area contributed by atoms with E-state index in [1.807, 2.05) is 6.92 Å². The molecule has 0 aliphatic carbocycles. The maximum absolute atomic E-state index is 10.8. The zero-order chi connectivity index (χ0) is 12.2. The van der Waals surface area contributed by atoms with Crippen LogP contribution in [0.4, 0.5) is 0 Å². The normalized spacial score (nSPS) is 11.9. The van der Waals surface area contributed by atoms with Gasteiger partial charge in [0.15, 0.2) is 0 Å². The number of amides is 1. The Bertz CT molecular complexity index is 174. The van der Waals surface area contributed by atoms with Gasteiger partial charge in [-0.3, -0.25) is 4.79 Å². The van der Waals surface area contributed by atoms with Crippen molar-refractivity contribution in [1.29, 1.82) is 0 Å². The number of rotatable bonds is 11. The summed E-state index contributed by atoms with van der Waals surface area (Å²) >= 11 is 0. The zero-order valence-corrected chi connectivity index (χ0v) is 12.4. The number of nitrogens with two attached hydrogens (primary N) is 1. The summed E-state index contributed by atoms with van der Waals surface area (Å²) in [5, 5.41) is 0. The third kappa shape index (κ3) is 13.7. The molecule has 0 fully saturated rings. The van der Waals surface area contributed by atoms with Crippen molar-refractivity contribution in [1.82, 2.24) is 0 Å². The van der Waals surface area contributed by atoms with Gasteiger partial charge in [0.05, 0.1) is 0 Å². The van der Waals surface area contributed by atoms with Gasteiger partial charge in [0.25, 0.3) is 0 Å². The molecule has 0 saturated heterocycles. The van der Waals surface area contributed by atoms with Crippen LogP contribution in [0.1, 0.15) is 78.1 Å². The average molecular weight is 264 g/mol. The molecule has 0 heterocycles. The Morgan fingerprint density at radius 1 is 0.941 bits per heavy atom. The molecule has 0 aromatic rings. The third-order valence-corrected chi connectivity index (χ3v) is 3.23. The number of halogens is 1. The molecule has 0 bridgehead atoms. The number of hydrogen-bond acceptors (Lipinski definition) is 1. The van der Waals surface area contributed by atoms with Crippen LogP contribution in [0.5, 0.6) is 0 Å². The second-order valence-electron chi connectivity index (χ2n) is 4.92. The first-order valence-electron chi connectivity index (χ1n) is 6.97. The SMILES string of the molecule is CCCCCCCCCCCC(C)C(N)=O.Cl. The van der Waals surface area contributed by atoms with Crippen molar-refractivity contribution < 1.29 is 4.79 Å². The van der Waals surface area contributed by atoms with Crippen LogP contribution in [-0.2, 0) is 4.79 Å². The fourth-order valence-corrected chi connectivity index (χ4v) is 1.90. The highest BCUT2D eigenvalue weighted by molar-refractivity contribution is 5.85. The van der Waals surface area contributed by atoms with E-state index < -0.39 is 0 Å². The minimum atomic E-state index is -0.153. The van der Waals surface area contributed by atoms with Crippen molar-refractivity contribution in [3.05, 3.63) is 0 Å². The largest absolute Gasteiger partial charge is 0.369 e. The molecular formula is C14H30ClNO. The maximum Gasteiger partial charge on any atom is 0.220 e. The van der Waals surface area contributed by atoms with E-state index in [-0.39, 0.29) is 24.2 Å². The Morgan fingerprint density at radius 2 is 1.35 bits per heavy atom. The molecular weight excluding hydrogens is 234 g/mol. The van der Waals surface area contributed by atoms with Crippen molar-refractivity contribution in [2.75, 3.05) is 0 Å². The van der Waals surface area contributed by atoms with Gasteiger partial charge in [-0.1, -0.05) is 71.6 Å². The van der Waals surface area contributed by atoms with Crippen LogP contribution in [0.15, 0.2) is 0 Å². The molecule has 1 atom stereocenters. The van der Waals surface area contributed by atoms with Gasteiger partial charge in [0, 0.05) is 5.92 Å². The van der Waals surface area contributed by atoms with Crippen molar-refractivity contribution >= 4 is 18.3 Å². The van der Waals surface area contributed by atoms with Crippen molar-refractivity contribution in [2.45, 2.75) is 78.1 Å². The van der Waals surface area contributed by atoms with Gasteiger partial charge in [-0.05, 0) is 6.42 Å². The summed E-state index contributed by atoms with van der Waals surface area (Å²) in [6, 6.07) is 0. The van der Waals surface area contributed by atoms with Gasteiger partial charge in [-0.15, -0.1) is 12.4 Å². The first kappa shape index (κ1) is 19.1. The van der Waals surface area contributed by atoms with Gasteiger partial charge in [0.2, 0.25) is 5.91 Å². The summed E-state index contributed by atoms with van der Waals surface area (Å²) in [5.74, 6) is -0.0934. The van der Waals surface area contributed by atoms with Crippen LogP contribution in [0.3, 0.4) is 0 Å². The van der Waals surface area contributed by atoms with E-state index in [1.165, 1.54) is 51.4 Å². The Labute approximate surface area is 113 Å². The topological polar surface area (TPSA) is 43.1 Å². The monoisotopic (exact) mass is 263 g/mol. The summed E-state index contributed by atoms with van der Waals surface area (Å²) in [6.07, 6.45) is 12.9. The Morgan fingerprint density at radius 3 is 1.76 bits per heavy atom. The van der Waals surface area contributed by atoms with Crippen molar-refractivity contribution in [2.24, 2.45) is 11.7 Å². The highest BCUT2D eigenvalue weighted by atomic mass is 35.5. The molecule has 2 N–H and O–H groups in total. The summed E-state index contributed by atoms with van der Waals surface area (Å²) in [7, 11) is 0. The quantitative estimate of drug-likeness (QED) is 0.550. The lowest BCUT2D eigenvalue weighted by Gasteiger charge is -2.06. The third-order valence-electron chi connectivity index (χ3n) is 3.23. The summed E-state index contributed by atoms with van der Waals surface area (Å²) in [4.78, 5) is 10.8. The molecule has 3 heteroatoms. The summed E-state index contributed by atoms with van der Waals surface area (Å²) in [5.41, 5.74) is 5.21. The minimum Gasteiger partial charge on any atom is -0.369 e. The lowest BCUT2D eigenvalue weighted by atomic mass is 10.0. The highest BCUT2D eigenvalue weighted by Crippen LogP contribution is 2.13. The predicted octanol–water partition coefficient (Wildman–Crippen LogP) is 4.45. The molecule has 0 aliphatic rings. The lowest BCUT2D eigenvalue weighted by molar-refractivity contribution is -0.121. The van der Waals surface area contributed by atoms with Gasteiger partial charge < -0.3 is 5.73 Å². The zero-order valence-electron chi connectivity index (χ0n) is 11.5. The second-order valence-corrected chi connectivity index (χ2v) is 4.92. The van der Waals surface area contributed by atoms with E-state index in [2.05, 4.69) is 6.92 Å². The first-order valence-corrected chi connectivity index (χ1v) is 6.97. The number of hydrogen-bond donors (Lipinski definition) is 1. The Balaban J connectivity index is 0. The molecule has 0 saturated carbocycles. The number of carbonyl (C=O) groups excluding carboxylic acids is 1. The van der Waals surface area contributed by atoms with Gasteiger partial charge in [-0.25, -0.2) is 0 Å². The number of carbonyl (C=O) groups is 1. The molecule has 0 spiro atoms. The van der Waals surface area contributed by atoms with E-state index in [1.54, 1.807) is 0 Å². The fourth-order valence-electron chi connectivity index (χ4n) is 1.90. The lowest BCUT2D eigenvalue weighted by Crippen LogP contribution is -2.20.